The lowest BCUT2D eigenvalue weighted by atomic mass is 10.2. The number of thioether (sulfide) groups is 1. The van der Waals surface area contributed by atoms with Gasteiger partial charge in [0.1, 0.15) is 0 Å². The van der Waals surface area contributed by atoms with Crippen LogP contribution in [0, 0.1) is 0 Å². The van der Waals surface area contributed by atoms with Gasteiger partial charge in [-0.25, -0.2) is 0 Å². The van der Waals surface area contributed by atoms with Crippen molar-refractivity contribution in [2.24, 2.45) is 0 Å². The summed E-state index contributed by atoms with van der Waals surface area (Å²) < 4.78 is 0. The third kappa shape index (κ3) is 1.87. The highest BCUT2D eigenvalue weighted by molar-refractivity contribution is 8.00. The van der Waals surface area contributed by atoms with E-state index in [-0.39, 0.29) is 0 Å². The van der Waals surface area contributed by atoms with E-state index in [1.807, 2.05) is 0 Å². The first-order valence-electron chi connectivity index (χ1n) is 3.66. The average Bonchev–Trinajstić information content (AvgIpc) is 1.90. The van der Waals surface area contributed by atoms with Crippen LogP contribution in [0.1, 0.15) is 26.7 Å². The Bertz CT molecular complexity index is 86.9. The second-order valence-corrected chi connectivity index (χ2v) is 4.31. The standard InChI is InChI=1S/C7H15NS/c1-3-7(2)8-5-4-6-9-7/h8H,3-6H2,1-2H3. The van der Waals surface area contributed by atoms with Gasteiger partial charge in [-0.05, 0) is 32.1 Å². The number of rotatable bonds is 1. The normalized spacial score (nSPS) is 36.7. The van der Waals surface area contributed by atoms with Gasteiger partial charge in [0.05, 0.1) is 4.87 Å². The molecule has 0 saturated carbocycles. The van der Waals surface area contributed by atoms with Crippen LogP contribution in [0.5, 0.6) is 0 Å². The van der Waals surface area contributed by atoms with E-state index < -0.39 is 0 Å². The first-order valence-corrected chi connectivity index (χ1v) is 4.64. The first-order chi connectivity index (χ1) is 4.27. The van der Waals surface area contributed by atoms with E-state index in [2.05, 4.69) is 30.9 Å². The van der Waals surface area contributed by atoms with Gasteiger partial charge in [-0.3, -0.25) is 0 Å². The second-order valence-electron chi connectivity index (χ2n) is 2.71. The minimum atomic E-state index is 0.387. The fourth-order valence-corrected chi connectivity index (χ4v) is 2.15. The third-order valence-electron chi connectivity index (χ3n) is 1.92. The van der Waals surface area contributed by atoms with Crippen molar-refractivity contribution in [3.63, 3.8) is 0 Å². The molecule has 0 aliphatic carbocycles. The largest absolute Gasteiger partial charge is 0.303 e. The maximum atomic E-state index is 3.51. The maximum absolute atomic E-state index is 3.51. The molecule has 9 heavy (non-hydrogen) atoms. The van der Waals surface area contributed by atoms with Crippen LogP contribution < -0.4 is 5.32 Å². The molecule has 1 aliphatic heterocycles. The van der Waals surface area contributed by atoms with Crippen LogP contribution in [0.3, 0.4) is 0 Å². The number of hydrogen-bond acceptors (Lipinski definition) is 2. The lowest BCUT2D eigenvalue weighted by Crippen LogP contribution is -2.42. The van der Waals surface area contributed by atoms with Gasteiger partial charge in [0.2, 0.25) is 0 Å². The van der Waals surface area contributed by atoms with E-state index in [0.29, 0.717) is 4.87 Å². The van der Waals surface area contributed by atoms with Gasteiger partial charge in [0.15, 0.2) is 0 Å². The van der Waals surface area contributed by atoms with E-state index in [4.69, 9.17) is 0 Å². The van der Waals surface area contributed by atoms with Crippen LogP contribution in [0.25, 0.3) is 0 Å². The Morgan fingerprint density at radius 2 is 2.44 bits per heavy atom. The van der Waals surface area contributed by atoms with Crippen molar-refractivity contribution < 1.29 is 0 Å². The van der Waals surface area contributed by atoms with Crippen molar-refractivity contribution in [2.75, 3.05) is 12.3 Å². The van der Waals surface area contributed by atoms with Gasteiger partial charge in [-0.2, -0.15) is 0 Å². The molecule has 0 radical (unpaired) electrons. The highest BCUT2D eigenvalue weighted by atomic mass is 32.2. The zero-order valence-corrected chi connectivity index (χ0v) is 7.05. The lowest BCUT2D eigenvalue weighted by molar-refractivity contribution is 0.473. The van der Waals surface area contributed by atoms with Crippen molar-refractivity contribution in [1.29, 1.82) is 0 Å². The van der Waals surface area contributed by atoms with Crippen molar-refractivity contribution in [3.05, 3.63) is 0 Å². The molecule has 1 N–H and O–H groups in total. The van der Waals surface area contributed by atoms with Gasteiger partial charge < -0.3 is 5.32 Å². The molecule has 1 aliphatic rings. The summed E-state index contributed by atoms with van der Waals surface area (Å²) in [5.74, 6) is 1.33. The predicted molar refractivity (Wildman–Crippen MR) is 43.8 cm³/mol. The van der Waals surface area contributed by atoms with Gasteiger partial charge in [-0.15, -0.1) is 11.8 Å². The molecule has 0 aromatic carbocycles. The predicted octanol–water partition coefficient (Wildman–Crippen LogP) is 1.84. The molecule has 1 unspecified atom stereocenters. The summed E-state index contributed by atoms with van der Waals surface area (Å²) in [5, 5.41) is 3.51. The minimum Gasteiger partial charge on any atom is -0.303 e. The van der Waals surface area contributed by atoms with Crippen molar-refractivity contribution in [3.8, 4) is 0 Å². The molecule has 1 rings (SSSR count). The second kappa shape index (κ2) is 2.93. The zero-order chi connectivity index (χ0) is 6.74. The minimum absolute atomic E-state index is 0.387. The smallest absolute Gasteiger partial charge is 0.0614 e. The summed E-state index contributed by atoms with van der Waals surface area (Å²) in [6.45, 7) is 5.74. The van der Waals surface area contributed by atoms with Crippen LogP contribution >= 0.6 is 11.8 Å². The van der Waals surface area contributed by atoms with E-state index in [1.54, 1.807) is 0 Å². The summed E-state index contributed by atoms with van der Waals surface area (Å²) in [5.41, 5.74) is 0. The summed E-state index contributed by atoms with van der Waals surface area (Å²) >= 11 is 2.05. The van der Waals surface area contributed by atoms with Crippen molar-refractivity contribution >= 4 is 11.8 Å². The topological polar surface area (TPSA) is 12.0 Å². The van der Waals surface area contributed by atoms with E-state index in [0.717, 1.165) is 0 Å². The molecular weight excluding hydrogens is 130 g/mol. The fraction of sp³-hybridized carbons (Fsp3) is 1.00. The van der Waals surface area contributed by atoms with Crippen LogP contribution in [0.15, 0.2) is 0 Å². The summed E-state index contributed by atoms with van der Waals surface area (Å²) in [6.07, 6.45) is 2.57. The van der Waals surface area contributed by atoms with Crippen LogP contribution in [0.2, 0.25) is 0 Å². The molecule has 1 atom stereocenters. The molecular formula is C7H15NS. The molecule has 2 heteroatoms. The molecule has 0 aromatic heterocycles. The van der Waals surface area contributed by atoms with Crippen molar-refractivity contribution in [2.45, 2.75) is 31.6 Å². The number of hydrogen-bond donors (Lipinski definition) is 1. The first kappa shape index (κ1) is 7.42. The molecule has 0 spiro atoms. The highest BCUT2D eigenvalue weighted by Crippen LogP contribution is 2.28. The third-order valence-corrected chi connectivity index (χ3v) is 3.48. The molecule has 0 bridgehead atoms. The molecule has 1 nitrogen and oxygen atoms in total. The SMILES string of the molecule is CCC1(C)NCCCS1. The van der Waals surface area contributed by atoms with Crippen molar-refractivity contribution in [1.82, 2.24) is 5.32 Å². The lowest BCUT2D eigenvalue weighted by Gasteiger charge is -2.33. The highest BCUT2D eigenvalue weighted by Gasteiger charge is 2.23. The Morgan fingerprint density at radius 1 is 1.67 bits per heavy atom. The maximum Gasteiger partial charge on any atom is 0.0614 e. The Balaban J connectivity index is 2.37. The quantitative estimate of drug-likeness (QED) is 0.604. The number of nitrogens with one attached hydrogen (secondary N) is 1. The average molecular weight is 145 g/mol. The zero-order valence-electron chi connectivity index (χ0n) is 6.24. The molecule has 0 aromatic rings. The Morgan fingerprint density at radius 3 is 2.78 bits per heavy atom. The van der Waals surface area contributed by atoms with Crippen LogP contribution in [0.4, 0.5) is 0 Å². The summed E-state index contributed by atoms with van der Waals surface area (Å²) in [4.78, 5) is 0.387. The van der Waals surface area contributed by atoms with Gasteiger partial charge in [0, 0.05) is 0 Å². The molecule has 1 heterocycles. The Kier molecular flexibility index (Phi) is 2.42. The van der Waals surface area contributed by atoms with E-state index >= 15 is 0 Å². The molecule has 1 saturated heterocycles. The summed E-state index contributed by atoms with van der Waals surface area (Å²) in [6, 6.07) is 0. The van der Waals surface area contributed by atoms with Crippen LogP contribution in [-0.2, 0) is 0 Å². The van der Waals surface area contributed by atoms with Gasteiger partial charge in [-0.1, -0.05) is 6.92 Å². The van der Waals surface area contributed by atoms with Gasteiger partial charge >= 0.3 is 0 Å². The monoisotopic (exact) mass is 145 g/mol. The van der Waals surface area contributed by atoms with Crippen LogP contribution in [-0.4, -0.2) is 17.2 Å². The molecule has 0 amide bonds. The van der Waals surface area contributed by atoms with E-state index in [9.17, 15) is 0 Å². The van der Waals surface area contributed by atoms with E-state index in [1.165, 1.54) is 25.1 Å². The fourth-order valence-electron chi connectivity index (χ4n) is 1.00. The van der Waals surface area contributed by atoms with Gasteiger partial charge in [0.25, 0.3) is 0 Å². The summed E-state index contributed by atoms with van der Waals surface area (Å²) in [7, 11) is 0. The molecule has 1 fully saturated rings. The Hall–Kier alpha value is 0.310. The molecule has 54 valence electrons. The Labute approximate surface area is 61.6 Å².